The molecule has 1 aromatic heterocycles. The van der Waals surface area contributed by atoms with Crippen molar-refractivity contribution in [2.75, 3.05) is 43.7 Å². The maximum atomic E-state index is 13.9. The first-order chi connectivity index (χ1) is 11.8. The van der Waals surface area contributed by atoms with Gasteiger partial charge in [0.05, 0.1) is 32.7 Å². The first kappa shape index (κ1) is 16.1. The number of nitrogens with zero attached hydrogens (tertiary/aromatic N) is 4. The van der Waals surface area contributed by atoms with E-state index in [0.717, 1.165) is 17.5 Å². The number of hydrazone groups is 1. The average Bonchev–Trinajstić information content (AvgIpc) is 2.64. The number of nitrogens with one attached hydrogen (secondary N) is 1. The fourth-order valence-corrected chi connectivity index (χ4v) is 2.30. The number of benzene rings is 1. The number of hydrogen-bond donors (Lipinski definition) is 1. The van der Waals surface area contributed by atoms with Crippen molar-refractivity contribution in [1.82, 2.24) is 9.97 Å². The fraction of sp³-hybridized carbons (Fsp3) is 0.312. The van der Waals surface area contributed by atoms with E-state index in [2.05, 4.69) is 20.5 Å². The Bertz CT molecular complexity index is 719. The third kappa shape index (κ3) is 3.96. The van der Waals surface area contributed by atoms with Gasteiger partial charge in [-0.25, -0.2) is 14.8 Å². The van der Waals surface area contributed by atoms with Crippen molar-refractivity contribution in [1.29, 1.82) is 0 Å². The van der Waals surface area contributed by atoms with E-state index in [4.69, 9.17) is 9.47 Å². The van der Waals surface area contributed by atoms with Gasteiger partial charge in [-0.15, -0.1) is 0 Å². The predicted molar refractivity (Wildman–Crippen MR) is 89.2 cm³/mol. The smallest absolute Gasteiger partial charge is 0.245 e. The summed E-state index contributed by atoms with van der Waals surface area (Å²) in [5.74, 6) is 0.773. The molecule has 0 radical (unpaired) electrons. The number of anilines is 2. The highest BCUT2D eigenvalue weighted by Crippen LogP contribution is 2.18. The standard InChI is InChI=1S/C16H18FN5O2/c1-23-13-4-2-3-12(9-13)10-19-21-16-18-11-14(17)15(20-16)22-5-7-24-8-6-22/h2-4,9-11H,5-8H2,1H3,(H,18,20,21). The fourth-order valence-electron chi connectivity index (χ4n) is 2.30. The molecule has 2 aromatic rings. The van der Waals surface area contributed by atoms with E-state index in [1.54, 1.807) is 13.3 Å². The van der Waals surface area contributed by atoms with Crippen LogP contribution in [0.25, 0.3) is 0 Å². The zero-order chi connectivity index (χ0) is 16.8. The monoisotopic (exact) mass is 331 g/mol. The van der Waals surface area contributed by atoms with Gasteiger partial charge in [0.25, 0.3) is 0 Å². The minimum Gasteiger partial charge on any atom is -0.497 e. The quantitative estimate of drug-likeness (QED) is 0.666. The molecule has 1 N–H and O–H groups in total. The Labute approximate surface area is 139 Å². The van der Waals surface area contributed by atoms with Crippen molar-refractivity contribution in [3.63, 3.8) is 0 Å². The second-order valence-electron chi connectivity index (χ2n) is 5.11. The summed E-state index contributed by atoms with van der Waals surface area (Å²) in [6.07, 6.45) is 2.75. The maximum Gasteiger partial charge on any atom is 0.245 e. The second kappa shape index (κ2) is 7.69. The molecular weight excluding hydrogens is 313 g/mol. The van der Waals surface area contributed by atoms with E-state index >= 15 is 0 Å². The lowest BCUT2D eigenvalue weighted by molar-refractivity contribution is 0.122. The summed E-state index contributed by atoms with van der Waals surface area (Å²) in [5.41, 5.74) is 3.58. The predicted octanol–water partition coefficient (Wildman–Crippen LogP) is 1.91. The van der Waals surface area contributed by atoms with Gasteiger partial charge in [0, 0.05) is 13.1 Å². The van der Waals surface area contributed by atoms with Gasteiger partial charge in [-0.1, -0.05) is 12.1 Å². The van der Waals surface area contributed by atoms with E-state index < -0.39 is 5.82 Å². The Kier molecular flexibility index (Phi) is 5.17. The van der Waals surface area contributed by atoms with Crippen LogP contribution in [-0.2, 0) is 4.74 Å². The molecule has 0 saturated carbocycles. The van der Waals surface area contributed by atoms with Gasteiger partial charge in [-0.3, -0.25) is 0 Å². The molecule has 0 aliphatic carbocycles. The number of halogens is 1. The number of ether oxygens (including phenoxy) is 2. The summed E-state index contributed by atoms with van der Waals surface area (Å²) >= 11 is 0. The molecule has 2 heterocycles. The van der Waals surface area contributed by atoms with E-state index in [-0.39, 0.29) is 11.8 Å². The molecule has 0 spiro atoms. The molecule has 1 fully saturated rings. The van der Waals surface area contributed by atoms with Crippen LogP contribution in [0.2, 0.25) is 0 Å². The van der Waals surface area contributed by atoms with Crippen LogP contribution < -0.4 is 15.1 Å². The first-order valence-corrected chi connectivity index (χ1v) is 7.54. The van der Waals surface area contributed by atoms with Gasteiger partial charge >= 0.3 is 0 Å². The van der Waals surface area contributed by atoms with Crippen molar-refractivity contribution in [3.05, 3.63) is 41.8 Å². The van der Waals surface area contributed by atoms with Gasteiger partial charge in [-0.2, -0.15) is 10.1 Å². The summed E-state index contributed by atoms with van der Waals surface area (Å²) in [6.45, 7) is 2.31. The van der Waals surface area contributed by atoms with Crippen LogP contribution in [0.4, 0.5) is 16.2 Å². The van der Waals surface area contributed by atoms with Crippen molar-refractivity contribution < 1.29 is 13.9 Å². The van der Waals surface area contributed by atoms with Crippen molar-refractivity contribution in [3.8, 4) is 5.75 Å². The topological polar surface area (TPSA) is 71.9 Å². The van der Waals surface area contributed by atoms with E-state index in [9.17, 15) is 4.39 Å². The lowest BCUT2D eigenvalue weighted by Crippen LogP contribution is -2.37. The lowest BCUT2D eigenvalue weighted by Gasteiger charge is -2.27. The van der Waals surface area contributed by atoms with Crippen LogP contribution in [0, 0.1) is 5.82 Å². The summed E-state index contributed by atoms with van der Waals surface area (Å²) in [5, 5.41) is 4.08. The van der Waals surface area contributed by atoms with Crippen LogP contribution in [0.15, 0.2) is 35.6 Å². The average molecular weight is 331 g/mol. The first-order valence-electron chi connectivity index (χ1n) is 7.54. The third-order valence-corrected chi connectivity index (χ3v) is 3.51. The van der Waals surface area contributed by atoms with Gasteiger partial charge in [0.2, 0.25) is 5.95 Å². The van der Waals surface area contributed by atoms with Crippen molar-refractivity contribution in [2.24, 2.45) is 5.10 Å². The van der Waals surface area contributed by atoms with Gasteiger partial charge in [-0.05, 0) is 17.7 Å². The summed E-state index contributed by atoms with van der Waals surface area (Å²) in [4.78, 5) is 9.93. The van der Waals surface area contributed by atoms with Crippen molar-refractivity contribution in [2.45, 2.75) is 0 Å². The second-order valence-corrected chi connectivity index (χ2v) is 5.11. The number of methoxy groups -OCH3 is 1. The van der Waals surface area contributed by atoms with Gasteiger partial charge in [0.15, 0.2) is 11.6 Å². The van der Waals surface area contributed by atoms with Gasteiger partial charge in [0.1, 0.15) is 5.75 Å². The Morgan fingerprint density at radius 1 is 1.38 bits per heavy atom. The molecule has 0 unspecified atom stereocenters. The zero-order valence-corrected chi connectivity index (χ0v) is 13.3. The Morgan fingerprint density at radius 3 is 3.00 bits per heavy atom. The Morgan fingerprint density at radius 2 is 2.21 bits per heavy atom. The molecule has 7 nitrogen and oxygen atoms in total. The SMILES string of the molecule is COc1cccc(C=NNc2ncc(F)c(N3CCOCC3)n2)c1. The molecule has 126 valence electrons. The van der Waals surface area contributed by atoms with E-state index in [1.165, 1.54) is 0 Å². The van der Waals surface area contributed by atoms with Crippen LogP contribution in [0.5, 0.6) is 5.75 Å². The van der Waals surface area contributed by atoms with Crippen LogP contribution in [0.1, 0.15) is 5.56 Å². The number of morpholine rings is 1. The molecule has 3 rings (SSSR count). The molecule has 24 heavy (non-hydrogen) atoms. The van der Waals surface area contributed by atoms with Crippen LogP contribution >= 0.6 is 0 Å². The highest BCUT2D eigenvalue weighted by Gasteiger charge is 2.17. The summed E-state index contributed by atoms with van der Waals surface area (Å²) < 4.78 is 24.4. The zero-order valence-electron chi connectivity index (χ0n) is 13.3. The molecule has 1 aromatic carbocycles. The highest BCUT2D eigenvalue weighted by molar-refractivity contribution is 5.80. The number of hydrogen-bond acceptors (Lipinski definition) is 7. The largest absolute Gasteiger partial charge is 0.497 e. The molecule has 1 saturated heterocycles. The third-order valence-electron chi connectivity index (χ3n) is 3.51. The molecule has 1 aliphatic heterocycles. The molecule has 0 bridgehead atoms. The van der Waals surface area contributed by atoms with E-state index in [0.29, 0.717) is 26.3 Å². The Balaban J connectivity index is 1.69. The number of aromatic nitrogens is 2. The van der Waals surface area contributed by atoms with Gasteiger partial charge < -0.3 is 14.4 Å². The molecule has 0 amide bonds. The summed E-state index contributed by atoms with van der Waals surface area (Å²) in [7, 11) is 1.61. The minimum atomic E-state index is -0.459. The van der Waals surface area contributed by atoms with Crippen LogP contribution in [0.3, 0.4) is 0 Å². The maximum absolute atomic E-state index is 13.9. The number of rotatable bonds is 5. The normalized spacial score (nSPS) is 14.8. The van der Waals surface area contributed by atoms with Crippen molar-refractivity contribution >= 4 is 18.0 Å². The molecule has 0 atom stereocenters. The highest BCUT2D eigenvalue weighted by atomic mass is 19.1. The summed E-state index contributed by atoms with van der Waals surface area (Å²) in [6, 6.07) is 7.45. The Hall–Kier alpha value is -2.74. The molecular formula is C16H18FN5O2. The lowest BCUT2D eigenvalue weighted by atomic mass is 10.2. The molecule has 8 heteroatoms. The van der Waals surface area contributed by atoms with Crippen LogP contribution in [-0.4, -0.2) is 49.6 Å². The van der Waals surface area contributed by atoms with E-state index in [1.807, 2.05) is 29.2 Å². The minimum absolute atomic E-state index is 0.233. The molecule has 1 aliphatic rings.